The molecule has 3 aromatic rings. The Bertz CT molecular complexity index is 1250. The molecule has 0 radical (unpaired) electrons. The van der Waals surface area contributed by atoms with Gasteiger partial charge in [0.05, 0.1) is 49.3 Å². The number of H-pyrrole nitrogens is 1. The Morgan fingerprint density at radius 3 is 2.31 bits per heavy atom. The van der Waals surface area contributed by atoms with Crippen molar-refractivity contribution in [2.75, 3.05) is 32.6 Å². The van der Waals surface area contributed by atoms with Crippen molar-refractivity contribution in [1.82, 2.24) is 14.9 Å². The van der Waals surface area contributed by atoms with E-state index in [2.05, 4.69) is 15.3 Å². The molecule has 0 unspecified atom stereocenters. The van der Waals surface area contributed by atoms with Crippen molar-refractivity contribution in [3.05, 3.63) is 69.8 Å². The number of amides is 1. The van der Waals surface area contributed by atoms with Gasteiger partial charge in [-0.25, -0.2) is 14.6 Å². The lowest BCUT2D eigenvalue weighted by molar-refractivity contribution is -0.117. The summed E-state index contributed by atoms with van der Waals surface area (Å²) in [5.74, 6) is -1.20. The summed E-state index contributed by atoms with van der Waals surface area (Å²) < 4.78 is 9.46. The molecule has 2 aromatic carbocycles. The molecule has 0 atom stereocenters. The van der Waals surface area contributed by atoms with Gasteiger partial charge in [0, 0.05) is 5.69 Å². The first kappa shape index (κ1) is 25.6. The normalized spacial score (nSPS) is 10.9. The lowest BCUT2D eigenvalue weighted by atomic mass is 10.1. The Morgan fingerprint density at radius 2 is 1.69 bits per heavy atom. The van der Waals surface area contributed by atoms with Crippen molar-refractivity contribution >= 4 is 34.4 Å². The summed E-state index contributed by atoms with van der Waals surface area (Å²) >= 11 is 0. The topological polar surface area (TPSA) is 131 Å². The Balaban J connectivity index is 1.79. The second-order valence-electron chi connectivity index (χ2n) is 7.92. The molecule has 0 bridgehead atoms. The Labute approximate surface area is 202 Å². The third kappa shape index (κ3) is 6.73. The number of ether oxygens (including phenoxy) is 2. The van der Waals surface area contributed by atoms with Crippen LogP contribution in [0.25, 0.3) is 10.9 Å². The van der Waals surface area contributed by atoms with Crippen LogP contribution in [0.5, 0.6) is 0 Å². The number of hydrogen-bond acceptors (Lipinski definition) is 8. The van der Waals surface area contributed by atoms with Crippen molar-refractivity contribution in [1.29, 1.82) is 0 Å². The molecule has 35 heavy (non-hydrogen) atoms. The van der Waals surface area contributed by atoms with Crippen LogP contribution in [-0.4, -0.2) is 60.0 Å². The van der Waals surface area contributed by atoms with E-state index in [1.54, 1.807) is 18.2 Å². The third-order valence-corrected chi connectivity index (χ3v) is 5.29. The highest BCUT2D eigenvalue weighted by Crippen LogP contribution is 2.17. The molecule has 3 rings (SSSR count). The zero-order valence-electron chi connectivity index (χ0n) is 19.9. The molecule has 0 saturated heterocycles. The molecular weight excluding hydrogens is 452 g/mol. The second-order valence-corrected chi connectivity index (χ2v) is 7.92. The second kappa shape index (κ2) is 11.9. The van der Waals surface area contributed by atoms with Crippen LogP contribution in [0.15, 0.2) is 47.3 Å². The van der Waals surface area contributed by atoms with Crippen molar-refractivity contribution in [3.8, 4) is 0 Å². The van der Waals surface area contributed by atoms with Crippen LogP contribution in [-0.2, 0) is 20.8 Å². The average Bonchev–Trinajstić information content (AvgIpc) is 2.86. The standard InChI is InChI=1S/C25H28N4O6/c1-4-5-10-29(14-21-27-20-9-7-6-8-19(20)23(31)28-21)15-22(30)26-18-12-16(24(32)34-2)11-17(13-18)25(33)35-3/h6-9,11-13H,4-5,10,14-15H2,1-3H3,(H,26,30)(H,27,28,31). The fraction of sp³-hybridized carbons (Fsp3) is 0.320. The predicted molar refractivity (Wildman–Crippen MR) is 130 cm³/mol. The lowest BCUT2D eigenvalue weighted by Gasteiger charge is -2.21. The highest BCUT2D eigenvalue weighted by atomic mass is 16.5. The summed E-state index contributed by atoms with van der Waals surface area (Å²) in [6.07, 6.45) is 1.76. The molecule has 0 spiro atoms. The molecule has 10 heteroatoms. The number of methoxy groups -OCH3 is 2. The largest absolute Gasteiger partial charge is 0.465 e. The number of nitrogens with one attached hydrogen (secondary N) is 2. The van der Waals surface area contributed by atoms with Gasteiger partial charge in [-0.2, -0.15) is 0 Å². The van der Waals surface area contributed by atoms with Crippen LogP contribution < -0.4 is 10.9 Å². The minimum Gasteiger partial charge on any atom is -0.465 e. The van der Waals surface area contributed by atoms with E-state index in [9.17, 15) is 19.2 Å². The average molecular weight is 481 g/mol. The van der Waals surface area contributed by atoms with E-state index in [1.165, 1.54) is 32.4 Å². The summed E-state index contributed by atoms with van der Waals surface area (Å²) in [4.78, 5) is 58.5. The number of unbranched alkanes of at least 4 members (excludes halogenated alkanes) is 1. The van der Waals surface area contributed by atoms with Crippen molar-refractivity contribution < 1.29 is 23.9 Å². The van der Waals surface area contributed by atoms with E-state index in [1.807, 2.05) is 17.9 Å². The Kier molecular flexibility index (Phi) is 8.69. The van der Waals surface area contributed by atoms with Crippen molar-refractivity contribution in [3.63, 3.8) is 0 Å². The van der Waals surface area contributed by atoms with Gasteiger partial charge in [0.25, 0.3) is 5.56 Å². The lowest BCUT2D eigenvalue weighted by Crippen LogP contribution is -2.34. The van der Waals surface area contributed by atoms with Crippen LogP contribution in [0.1, 0.15) is 46.3 Å². The number of nitrogens with zero attached hydrogens (tertiary/aromatic N) is 2. The maximum Gasteiger partial charge on any atom is 0.337 e. The molecule has 2 N–H and O–H groups in total. The molecule has 0 aliphatic carbocycles. The zero-order valence-corrected chi connectivity index (χ0v) is 19.9. The van der Waals surface area contributed by atoms with Crippen LogP contribution in [0, 0.1) is 0 Å². The molecular formula is C25H28N4O6. The summed E-state index contributed by atoms with van der Waals surface area (Å²) in [6.45, 7) is 2.92. The molecule has 10 nitrogen and oxygen atoms in total. The van der Waals surface area contributed by atoms with Gasteiger partial charge in [0.15, 0.2) is 0 Å². The smallest absolute Gasteiger partial charge is 0.337 e. The predicted octanol–water partition coefficient (Wildman–Crippen LogP) is 2.74. The van der Waals surface area contributed by atoms with E-state index in [0.29, 0.717) is 23.3 Å². The zero-order chi connectivity index (χ0) is 25.4. The van der Waals surface area contributed by atoms with Gasteiger partial charge in [-0.15, -0.1) is 0 Å². The minimum atomic E-state index is -0.651. The van der Waals surface area contributed by atoms with Crippen LogP contribution in [0.4, 0.5) is 5.69 Å². The van der Waals surface area contributed by atoms with Crippen molar-refractivity contribution in [2.24, 2.45) is 0 Å². The maximum absolute atomic E-state index is 12.9. The van der Waals surface area contributed by atoms with Gasteiger partial charge < -0.3 is 19.8 Å². The van der Waals surface area contributed by atoms with Gasteiger partial charge in [-0.3, -0.25) is 14.5 Å². The van der Waals surface area contributed by atoms with Gasteiger partial charge in [0.2, 0.25) is 5.91 Å². The number of carbonyl (C=O) groups excluding carboxylic acids is 3. The fourth-order valence-electron chi connectivity index (χ4n) is 3.59. The number of anilines is 1. The van der Waals surface area contributed by atoms with E-state index < -0.39 is 11.9 Å². The minimum absolute atomic E-state index is 0.00649. The molecule has 184 valence electrons. The highest BCUT2D eigenvalue weighted by molar-refractivity contribution is 5.99. The van der Waals surface area contributed by atoms with E-state index in [-0.39, 0.29) is 41.4 Å². The van der Waals surface area contributed by atoms with E-state index in [0.717, 1.165) is 12.8 Å². The summed E-state index contributed by atoms with van der Waals surface area (Å²) in [5.41, 5.74) is 0.811. The van der Waals surface area contributed by atoms with Gasteiger partial charge in [0.1, 0.15) is 5.82 Å². The number of aromatic nitrogens is 2. The number of fused-ring (bicyclic) bond motifs is 1. The maximum atomic E-state index is 12.9. The summed E-state index contributed by atoms with van der Waals surface area (Å²) in [7, 11) is 2.45. The first-order chi connectivity index (χ1) is 16.8. The van der Waals surface area contributed by atoms with E-state index >= 15 is 0 Å². The van der Waals surface area contributed by atoms with Crippen LogP contribution in [0.2, 0.25) is 0 Å². The number of benzene rings is 2. The number of aromatic amines is 1. The monoisotopic (exact) mass is 480 g/mol. The molecule has 0 fully saturated rings. The van der Waals surface area contributed by atoms with Crippen LogP contribution in [0.3, 0.4) is 0 Å². The molecule has 1 amide bonds. The van der Waals surface area contributed by atoms with E-state index in [4.69, 9.17) is 9.47 Å². The number of hydrogen-bond donors (Lipinski definition) is 2. The molecule has 0 aliphatic heterocycles. The molecule has 1 heterocycles. The number of esters is 2. The first-order valence-corrected chi connectivity index (χ1v) is 11.2. The molecule has 0 aliphatic rings. The highest BCUT2D eigenvalue weighted by Gasteiger charge is 2.17. The number of carbonyl (C=O) groups is 3. The van der Waals surface area contributed by atoms with Gasteiger partial charge >= 0.3 is 11.9 Å². The molecule has 0 saturated carbocycles. The summed E-state index contributed by atoms with van der Waals surface area (Å²) in [5, 5.41) is 3.23. The quantitative estimate of drug-likeness (QED) is 0.424. The van der Waals surface area contributed by atoms with Crippen molar-refractivity contribution in [2.45, 2.75) is 26.3 Å². The SMILES string of the molecule is CCCCN(CC(=O)Nc1cc(C(=O)OC)cc(C(=O)OC)c1)Cc1nc2ccccc2c(=O)[nH]1. The Hall–Kier alpha value is -4.05. The number of para-hydroxylation sites is 1. The summed E-state index contributed by atoms with van der Waals surface area (Å²) in [6, 6.07) is 11.2. The van der Waals surface area contributed by atoms with Gasteiger partial charge in [-0.05, 0) is 43.3 Å². The fourth-order valence-corrected chi connectivity index (χ4v) is 3.59. The number of rotatable bonds is 10. The molecule has 1 aromatic heterocycles. The van der Waals surface area contributed by atoms with Crippen LogP contribution >= 0.6 is 0 Å². The Morgan fingerprint density at radius 1 is 1.03 bits per heavy atom. The van der Waals surface area contributed by atoms with Gasteiger partial charge in [-0.1, -0.05) is 25.5 Å². The first-order valence-electron chi connectivity index (χ1n) is 11.2. The third-order valence-electron chi connectivity index (χ3n) is 5.29.